The van der Waals surface area contributed by atoms with Crippen molar-refractivity contribution in [3.05, 3.63) is 23.3 Å². The standard InChI is InChI=1S/C16H23N5O3.C2HF3O2/c17-11-8-14(22)10(13-4-2-6-21(13)16(19)24)7-9(11)12-3-1-5-20(12)15(18)23;3-2(4,5)1(6)7/h7-8,12-13,22H,1-6,17H2,(H2,18,23)(H2,19,24);(H,6,7). The predicted molar refractivity (Wildman–Crippen MR) is 98.2 cm³/mol. The highest BCUT2D eigenvalue weighted by Gasteiger charge is 2.35. The molecule has 1 aromatic rings. The predicted octanol–water partition coefficient (Wildman–Crippen LogP) is -0.00460. The van der Waals surface area contributed by atoms with Gasteiger partial charge in [0, 0.05) is 30.3 Å². The molecule has 0 bridgehead atoms. The van der Waals surface area contributed by atoms with Gasteiger partial charge in [0.1, 0.15) is 17.4 Å². The monoisotopic (exact) mass is 447 g/mol. The summed E-state index contributed by atoms with van der Waals surface area (Å²) < 4.78 is 31.5. The van der Waals surface area contributed by atoms with Crippen LogP contribution in [0.3, 0.4) is 0 Å². The minimum atomic E-state index is -5.19. The third-order valence-electron chi connectivity index (χ3n) is 5.31. The second kappa shape index (κ2) is 9.29. The molecule has 2 unspecified atom stereocenters. The van der Waals surface area contributed by atoms with E-state index >= 15 is 0 Å². The molecule has 0 spiro atoms. The van der Waals surface area contributed by atoms with Crippen molar-refractivity contribution in [2.45, 2.75) is 43.9 Å². The summed E-state index contributed by atoms with van der Waals surface area (Å²) in [6.07, 6.45) is -1.93. The summed E-state index contributed by atoms with van der Waals surface area (Å²) in [6.45, 7) is 1.20. The number of carbonyl (C=O) groups excluding carboxylic acids is 3. The average Bonchev–Trinajstić information content (AvgIpc) is 3.31. The zero-order valence-electron chi connectivity index (χ0n) is 16.5. The van der Waals surface area contributed by atoms with Crippen molar-refractivity contribution in [3.63, 3.8) is 0 Å². The number of carboxylic acids is 1. The molecule has 1 aromatic carbocycles. The number of nitrogens with two attached hydrogens (primary N) is 2. The number of alkyl halides is 3. The number of rotatable bonds is 2. The SMILES string of the molecule is NC(=O)N1CCCC1c1cc(C2CCCN2C(N)=O)c(O)cc1[NH3+].O=C([O-])C(F)(F)F. The van der Waals surface area contributed by atoms with Crippen molar-refractivity contribution < 1.29 is 43.5 Å². The summed E-state index contributed by atoms with van der Waals surface area (Å²) in [5.74, 6) is -2.90. The summed E-state index contributed by atoms with van der Waals surface area (Å²) in [5.41, 5.74) is 17.1. The number of likely N-dealkylation sites (tertiary alicyclic amines) is 2. The number of hydrogen-bond acceptors (Lipinski definition) is 5. The molecule has 2 fully saturated rings. The molecule has 10 nitrogen and oxygen atoms in total. The Morgan fingerprint density at radius 3 is 1.81 bits per heavy atom. The third-order valence-corrected chi connectivity index (χ3v) is 5.31. The van der Waals surface area contributed by atoms with E-state index in [0.29, 0.717) is 24.3 Å². The van der Waals surface area contributed by atoms with E-state index in [1.165, 1.54) is 0 Å². The molecule has 0 saturated carbocycles. The van der Waals surface area contributed by atoms with Gasteiger partial charge in [0.25, 0.3) is 0 Å². The lowest BCUT2D eigenvalue weighted by Crippen LogP contribution is -2.44. The van der Waals surface area contributed by atoms with E-state index in [-0.39, 0.29) is 17.8 Å². The Morgan fingerprint density at radius 2 is 1.42 bits per heavy atom. The number of carboxylic acid groups (broad SMARTS) is 1. The van der Waals surface area contributed by atoms with Crippen molar-refractivity contribution in [1.29, 1.82) is 0 Å². The summed E-state index contributed by atoms with van der Waals surface area (Å²) in [4.78, 5) is 35.3. The quantitative estimate of drug-likeness (QED) is 0.497. The minimum absolute atomic E-state index is 0.102. The van der Waals surface area contributed by atoms with Gasteiger partial charge in [-0.3, -0.25) is 0 Å². The summed E-state index contributed by atoms with van der Waals surface area (Å²) >= 11 is 0. The number of aromatic hydroxyl groups is 1. The Balaban J connectivity index is 0.000000423. The molecule has 2 heterocycles. The topological polar surface area (TPSA) is 181 Å². The van der Waals surface area contributed by atoms with E-state index in [2.05, 4.69) is 5.73 Å². The maximum Gasteiger partial charge on any atom is 0.430 e. The van der Waals surface area contributed by atoms with Gasteiger partial charge in [-0.2, -0.15) is 13.2 Å². The van der Waals surface area contributed by atoms with Gasteiger partial charge in [-0.05, 0) is 31.7 Å². The van der Waals surface area contributed by atoms with Crippen LogP contribution < -0.4 is 22.3 Å². The van der Waals surface area contributed by atoms with Gasteiger partial charge in [0.2, 0.25) is 0 Å². The average molecular weight is 447 g/mol. The molecule has 0 radical (unpaired) electrons. The number of primary amides is 2. The Kier molecular flexibility index (Phi) is 7.21. The molecule has 2 aliphatic heterocycles. The number of urea groups is 2. The lowest BCUT2D eigenvalue weighted by Gasteiger charge is -2.27. The molecule has 0 aliphatic carbocycles. The highest BCUT2D eigenvalue weighted by atomic mass is 19.4. The first-order valence-corrected chi connectivity index (χ1v) is 9.43. The first-order chi connectivity index (χ1) is 14.3. The first-order valence-electron chi connectivity index (χ1n) is 9.43. The molecular weight excluding hydrogens is 423 g/mol. The van der Waals surface area contributed by atoms with E-state index in [4.69, 9.17) is 21.4 Å². The van der Waals surface area contributed by atoms with Crippen molar-refractivity contribution in [2.24, 2.45) is 11.5 Å². The maximum absolute atomic E-state index is 11.7. The molecule has 13 heteroatoms. The zero-order valence-corrected chi connectivity index (χ0v) is 16.5. The van der Waals surface area contributed by atoms with Crippen LogP contribution in [0.25, 0.3) is 0 Å². The van der Waals surface area contributed by atoms with Crippen molar-refractivity contribution in [2.75, 3.05) is 13.1 Å². The molecule has 2 saturated heterocycles. The van der Waals surface area contributed by atoms with E-state index < -0.39 is 24.2 Å². The number of quaternary nitrogens is 1. The molecule has 3 rings (SSSR count). The fraction of sp³-hybridized carbons (Fsp3) is 0.500. The van der Waals surface area contributed by atoms with Crippen LogP contribution in [0, 0.1) is 0 Å². The number of halogens is 3. The lowest BCUT2D eigenvalue weighted by molar-refractivity contribution is -0.344. The molecule has 2 atom stereocenters. The van der Waals surface area contributed by atoms with E-state index in [0.717, 1.165) is 31.2 Å². The number of hydrogen-bond donors (Lipinski definition) is 4. The second-order valence-corrected chi connectivity index (χ2v) is 7.27. The van der Waals surface area contributed by atoms with Crippen LogP contribution >= 0.6 is 0 Å². The van der Waals surface area contributed by atoms with E-state index in [1.807, 2.05) is 6.07 Å². The number of benzene rings is 1. The molecule has 172 valence electrons. The van der Waals surface area contributed by atoms with Crippen LogP contribution in [0.2, 0.25) is 0 Å². The third kappa shape index (κ3) is 5.48. The van der Waals surface area contributed by atoms with Gasteiger partial charge in [0.15, 0.2) is 0 Å². The minimum Gasteiger partial charge on any atom is -0.542 e. The maximum atomic E-state index is 11.7. The van der Waals surface area contributed by atoms with Crippen LogP contribution in [0.15, 0.2) is 12.1 Å². The van der Waals surface area contributed by atoms with Crippen LogP contribution in [0.5, 0.6) is 5.75 Å². The molecule has 4 amide bonds. The first kappa shape index (κ1) is 24.1. The normalized spacial score (nSPS) is 20.9. The van der Waals surface area contributed by atoms with Crippen LogP contribution in [-0.4, -0.2) is 52.2 Å². The van der Waals surface area contributed by atoms with Gasteiger partial charge in [-0.15, -0.1) is 0 Å². The number of aliphatic carboxylic acids is 1. The highest BCUT2D eigenvalue weighted by Crippen LogP contribution is 2.42. The number of nitrogens with zero attached hydrogens (tertiary/aromatic N) is 2. The second-order valence-electron chi connectivity index (χ2n) is 7.27. The fourth-order valence-electron chi connectivity index (χ4n) is 3.95. The molecule has 8 N–H and O–H groups in total. The molecular formula is C18H24F3N5O5. The van der Waals surface area contributed by atoms with Crippen LogP contribution in [0.4, 0.5) is 28.4 Å². The number of carbonyl (C=O) groups is 3. The largest absolute Gasteiger partial charge is 0.542 e. The lowest BCUT2D eigenvalue weighted by atomic mass is 9.95. The van der Waals surface area contributed by atoms with Crippen molar-refractivity contribution >= 4 is 23.7 Å². The van der Waals surface area contributed by atoms with Crippen molar-refractivity contribution in [3.8, 4) is 5.75 Å². The van der Waals surface area contributed by atoms with E-state index in [1.54, 1.807) is 15.9 Å². The zero-order chi connectivity index (χ0) is 23.5. The van der Waals surface area contributed by atoms with Crippen molar-refractivity contribution in [1.82, 2.24) is 9.80 Å². The Labute approximate surface area is 175 Å². The Hall–Kier alpha value is -3.22. The van der Waals surface area contributed by atoms with Gasteiger partial charge < -0.3 is 42.0 Å². The Morgan fingerprint density at radius 1 is 1.00 bits per heavy atom. The summed E-state index contributed by atoms with van der Waals surface area (Å²) in [5, 5.41) is 19.2. The highest BCUT2D eigenvalue weighted by molar-refractivity contribution is 5.74. The van der Waals surface area contributed by atoms with E-state index in [9.17, 15) is 27.9 Å². The molecule has 2 aliphatic rings. The molecule has 31 heavy (non-hydrogen) atoms. The van der Waals surface area contributed by atoms with Gasteiger partial charge in [-0.1, -0.05) is 0 Å². The summed E-state index contributed by atoms with van der Waals surface area (Å²) in [6, 6.07) is 2.13. The van der Waals surface area contributed by atoms with Crippen LogP contribution in [-0.2, 0) is 4.79 Å². The van der Waals surface area contributed by atoms with Gasteiger partial charge >= 0.3 is 18.2 Å². The summed E-state index contributed by atoms with van der Waals surface area (Å²) in [7, 11) is 0. The van der Waals surface area contributed by atoms with Crippen LogP contribution in [0.1, 0.15) is 48.9 Å². The van der Waals surface area contributed by atoms with Gasteiger partial charge in [-0.25, -0.2) is 9.59 Å². The number of amides is 4. The number of phenolic OH excluding ortho intramolecular Hbond substituents is 1. The Bertz CT molecular complexity index is 810. The molecule has 0 aromatic heterocycles. The number of phenols is 1. The van der Waals surface area contributed by atoms with Gasteiger partial charge in [0.05, 0.1) is 12.1 Å². The smallest absolute Gasteiger partial charge is 0.430 e. The fourth-order valence-corrected chi connectivity index (χ4v) is 3.95.